The van der Waals surface area contributed by atoms with Gasteiger partial charge < -0.3 is 25.0 Å². The van der Waals surface area contributed by atoms with Crippen molar-refractivity contribution in [1.29, 1.82) is 0 Å². The van der Waals surface area contributed by atoms with Gasteiger partial charge in [0, 0.05) is 23.8 Å². The highest BCUT2D eigenvalue weighted by Gasteiger charge is 2.72. The summed E-state index contributed by atoms with van der Waals surface area (Å²) in [6.07, 6.45) is 7.82. The van der Waals surface area contributed by atoms with E-state index in [1.165, 1.54) is 11.0 Å². The van der Waals surface area contributed by atoms with E-state index in [4.69, 9.17) is 9.47 Å². The average Bonchev–Trinajstić information content (AvgIpc) is 3.68. The number of carbonyl (C=O) groups is 3. The molecule has 3 aliphatic heterocycles. The quantitative estimate of drug-likeness (QED) is 0.342. The fraction of sp³-hybridized carbons (Fsp3) is 0.343. The Morgan fingerprint density at radius 2 is 1.61 bits per heavy atom. The molecule has 2 N–H and O–H groups in total. The Balaban J connectivity index is 1.14. The third-order valence-corrected chi connectivity index (χ3v) is 9.28. The van der Waals surface area contributed by atoms with E-state index < -0.39 is 41.3 Å². The first-order valence-corrected chi connectivity index (χ1v) is 15.3. The molecule has 44 heavy (non-hydrogen) atoms. The maximum atomic E-state index is 14.8. The molecule has 1 aliphatic carbocycles. The van der Waals surface area contributed by atoms with E-state index in [9.17, 15) is 18.8 Å². The first-order valence-electron chi connectivity index (χ1n) is 15.3. The van der Waals surface area contributed by atoms with Gasteiger partial charge in [-0.3, -0.25) is 14.4 Å². The van der Waals surface area contributed by atoms with E-state index in [-0.39, 0.29) is 24.4 Å². The van der Waals surface area contributed by atoms with Crippen molar-refractivity contribution in [1.82, 2.24) is 10.2 Å². The van der Waals surface area contributed by atoms with Gasteiger partial charge in [0.2, 0.25) is 17.7 Å². The molecule has 4 aliphatic rings. The van der Waals surface area contributed by atoms with Crippen LogP contribution in [-0.4, -0.2) is 46.4 Å². The van der Waals surface area contributed by atoms with Gasteiger partial charge in [0.05, 0.1) is 17.9 Å². The minimum Gasteiger partial charge on any atom is -0.457 e. The van der Waals surface area contributed by atoms with Gasteiger partial charge in [0.1, 0.15) is 29.0 Å². The second-order valence-electron chi connectivity index (χ2n) is 12.0. The smallest absolute Gasteiger partial charge is 0.246 e. The molecule has 1 saturated carbocycles. The minimum atomic E-state index is -1.32. The van der Waals surface area contributed by atoms with E-state index in [0.29, 0.717) is 22.7 Å². The van der Waals surface area contributed by atoms with Crippen molar-refractivity contribution >= 4 is 23.4 Å². The van der Waals surface area contributed by atoms with Gasteiger partial charge in [-0.05, 0) is 55.3 Å². The zero-order valence-corrected chi connectivity index (χ0v) is 24.2. The number of ether oxygens (including phenoxy) is 2. The first kappa shape index (κ1) is 28.3. The van der Waals surface area contributed by atoms with Crippen molar-refractivity contribution < 1.29 is 28.2 Å². The lowest BCUT2D eigenvalue weighted by atomic mass is 9.74. The fourth-order valence-corrected chi connectivity index (χ4v) is 7.23. The zero-order chi connectivity index (χ0) is 30.3. The van der Waals surface area contributed by atoms with Crippen molar-refractivity contribution in [3.05, 3.63) is 102 Å². The molecule has 2 saturated heterocycles. The second-order valence-corrected chi connectivity index (χ2v) is 12.0. The molecule has 0 aromatic heterocycles. The number of nitrogens with zero attached hydrogens (tertiary/aromatic N) is 1. The third-order valence-electron chi connectivity index (χ3n) is 9.28. The van der Waals surface area contributed by atoms with Crippen LogP contribution in [0.15, 0.2) is 91.0 Å². The number of halogens is 1. The van der Waals surface area contributed by atoms with Gasteiger partial charge >= 0.3 is 0 Å². The van der Waals surface area contributed by atoms with Gasteiger partial charge in [-0.15, -0.1) is 0 Å². The molecule has 9 heteroatoms. The lowest BCUT2D eigenvalue weighted by Gasteiger charge is -2.34. The van der Waals surface area contributed by atoms with E-state index in [1.54, 1.807) is 54.6 Å². The third kappa shape index (κ3) is 5.05. The molecule has 3 aromatic rings. The number of benzene rings is 3. The van der Waals surface area contributed by atoms with Crippen LogP contribution in [0.3, 0.4) is 0 Å². The van der Waals surface area contributed by atoms with E-state index in [2.05, 4.69) is 10.6 Å². The van der Waals surface area contributed by atoms with Gasteiger partial charge in [-0.25, -0.2) is 4.39 Å². The lowest BCUT2D eigenvalue weighted by molar-refractivity contribution is -0.142. The van der Waals surface area contributed by atoms with Crippen LogP contribution < -0.4 is 15.4 Å². The summed E-state index contributed by atoms with van der Waals surface area (Å²) >= 11 is 0. The number of carbonyl (C=O) groups excluding carboxylic acids is 3. The van der Waals surface area contributed by atoms with Crippen LogP contribution in [0.2, 0.25) is 0 Å². The largest absolute Gasteiger partial charge is 0.457 e. The van der Waals surface area contributed by atoms with Gasteiger partial charge in [-0.2, -0.15) is 0 Å². The molecule has 7 rings (SSSR count). The van der Waals surface area contributed by atoms with Crippen LogP contribution in [0.1, 0.15) is 37.7 Å². The summed E-state index contributed by atoms with van der Waals surface area (Å²) < 4.78 is 27.1. The topological polar surface area (TPSA) is 97.0 Å². The van der Waals surface area contributed by atoms with Crippen LogP contribution >= 0.6 is 0 Å². The summed E-state index contributed by atoms with van der Waals surface area (Å²) in [7, 11) is 0. The van der Waals surface area contributed by atoms with Crippen molar-refractivity contribution in [2.75, 3.05) is 5.32 Å². The Hall–Kier alpha value is -4.50. The second kappa shape index (κ2) is 11.5. The van der Waals surface area contributed by atoms with Crippen LogP contribution in [-0.2, 0) is 25.7 Å². The van der Waals surface area contributed by atoms with Crippen molar-refractivity contribution in [3.63, 3.8) is 0 Å². The highest BCUT2D eigenvalue weighted by Crippen LogP contribution is 2.55. The predicted octanol–water partition coefficient (Wildman–Crippen LogP) is 5.36. The molecule has 0 radical (unpaired) electrons. The standard InChI is InChI=1S/C35H34FN3O5/c36-27-14-8-7-9-22(27)21-39-31(33(41)38-23-10-3-1-4-11-23)35-20-19-28(44-35)29(30(35)34(39)42)32(40)37-24-15-17-26(18-16-24)43-25-12-5-2-6-13-25/h2,5-9,12-20,23,28-31H,1,3-4,10-11,21H2,(H,37,40)(H,38,41)/t28-,29-,30-,31+,35-/m1/s1. The predicted molar refractivity (Wildman–Crippen MR) is 161 cm³/mol. The summed E-state index contributed by atoms with van der Waals surface area (Å²) in [5, 5.41) is 6.09. The molecule has 3 fully saturated rings. The number of likely N-dealkylation sites (tertiary alicyclic amines) is 1. The van der Waals surface area contributed by atoms with Crippen molar-refractivity contribution in [2.24, 2.45) is 11.8 Å². The first-order chi connectivity index (χ1) is 21.4. The molecule has 8 nitrogen and oxygen atoms in total. The zero-order valence-electron chi connectivity index (χ0n) is 24.2. The number of fused-ring (bicyclic) bond motifs is 1. The van der Waals surface area contributed by atoms with Gasteiger partial charge in [-0.1, -0.05) is 67.8 Å². The van der Waals surface area contributed by atoms with Crippen molar-refractivity contribution in [2.45, 2.75) is 62.4 Å². The number of hydrogen-bond donors (Lipinski definition) is 2. The summed E-state index contributed by atoms with van der Waals surface area (Å²) in [4.78, 5) is 43.4. The molecule has 3 heterocycles. The molecule has 2 bridgehead atoms. The Morgan fingerprint density at radius 3 is 2.36 bits per heavy atom. The summed E-state index contributed by atoms with van der Waals surface area (Å²) in [5.74, 6) is -2.04. The molecular formula is C35H34FN3O5. The van der Waals surface area contributed by atoms with Crippen LogP contribution in [0.5, 0.6) is 11.5 Å². The van der Waals surface area contributed by atoms with E-state index in [1.807, 2.05) is 30.3 Å². The number of nitrogens with one attached hydrogen (secondary N) is 2. The Morgan fingerprint density at radius 1 is 0.909 bits per heavy atom. The van der Waals surface area contributed by atoms with Crippen LogP contribution in [0.4, 0.5) is 10.1 Å². The molecule has 5 atom stereocenters. The number of para-hydroxylation sites is 1. The minimum absolute atomic E-state index is 0.00707. The number of amides is 3. The van der Waals surface area contributed by atoms with Crippen LogP contribution in [0, 0.1) is 17.7 Å². The van der Waals surface area contributed by atoms with Gasteiger partial charge in [0.15, 0.2) is 0 Å². The molecular weight excluding hydrogens is 561 g/mol. The van der Waals surface area contributed by atoms with Gasteiger partial charge in [0.25, 0.3) is 0 Å². The highest BCUT2D eigenvalue weighted by molar-refractivity contribution is 6.02. The number of rotatable bonds is 8. The molecule has 0 unspecified atom stereocenters. The monoisotopic (exact) mass is 595 g/mol. The van der Waals surface area contributed by atoms with Crippen LogP contribution in [0.25, 0.3) is 0 Å². The SMILES string of the molecule is O=C(Nc1ccc(Oc2ccccc2)cc1)[C@@H]1[C@H]2C=C[C@]3(O2)[C@H](C(=O)NC2CCCCC2)N(Cc2ccccc2F)C(=O)[C@@H]13. The Bertz CT molecular complexity index is 1590. The molecule has 1 spiro atoms. The lowest BCUT2D eigenvalue weighted by Crippen LogP contribution is -2.56. The Kier molecular flexibility index (Phi) is 7.42. The molecule has 3 amide bonds. The summed E-state index contributed by atoms with van der Waals surface area (Å²) in [6, 6.07) is 21.5. The highest BCUT2D eigenvalue weighted by atomic mass is 19.1. The van der Waals surface area contributed by atoms with Crippen molar-refractivity contribution in [3.8, 4) is 11.5 Å². The van der Waals surface area contributed by atoms with E-state index >= 15 is 0 Å². The summed E-state index contributed by atoms with van der Waals surface area (Å²) in [6.45, 7) is -0.106. The fourth-order valence-electron chi connectivity index (χ4n) is 7.23. The Labute approximate surface area is 255 Å². The number of anilines is 1. The maximum absolute atomic E-state index is 14.8. The maximum Gasteiger partial charge on any atom is 0.246 e. The molecule has 3 aromatic carbocycles. The summed E-state index contributed by atoms with van der Waals surface area (Å²) in [5.41, 5.74) is -0.484. The van der Waals surface area contributed by atoms with E-state index in [0.717, 1.165) is 32.1 Å². The normalized spacial score (nSPS) is 27.3. The number of hydrogen-bond acceptors (Lipinski definition) is 5. The molecule has 226 valence electrons. The average molecular weight is 596 g/mol.